The Morgan fingerprint density at radius 3 is 2.54 bits per heavy atom. The van der Waals surface area contributed by atoms with Crippen LogP contribution in [-0.4, -0.2) is 10.6 Å². The molecule has 5 heteroatoms. The predicted octanol–water partition coefficient (Wildman–Crippen LogP) is 6.13. The first-order valence-electron chi connectivity index (χ1n) is 9.37. The summed E-state index contributed by atoms with van der Waals surface area (Å²) in [4.78, 5) is 17.0. The molecule has 0 aromatic heterocycles. The molecule has 2 aliphatic rings. The van der Waals surface area contributed by atoms with Crippen molar-refractivity contribution in [3.63, 3.8) is 0 Å². The molecule has 3 aromatic rings. The molecule has 1 heterocycles. The van der Waals surface area contributed by atoms with Crippen molar-refractivity contribution in [3.8, 4) is 0 Å². The molecular weight excluding hydrogens is 368 g/mol. The highest BCUT2D eigenvalue weighted by Gasteiger charge is 2.35. The van der Waals surface area contributed by atoms with Crippen molar-refractivity contribution in [2.75, 3.05) is 0 Å². The van der Waals surface area contributed by atoms with Crippen LogP contribution in [0, 0.1) is 16.0 Å². The van der Waals surface area contributed by atoms with E-state index in [-0.39, 0.29) is 21.8 Å². The average molecular weight is 386 g/mol. The van der Waals surface area contributed by atoms with Gasteiger partial charge < -0.3 is 0 Å². The molecule has 2 atom stereocenters. The molecule has 0 amide bonds. The smallest absolute Gasteiger partial charge is 0.258 e. The summed E-state index contributed by atoms with van der Waals surface area (Å²) in [7, 11) is 0. The second-order valence-electron chi connectivity index (χ2n) is 7.15. The van der Waals surface area contributed by atoms with Crippen LogP contribution in [0.4, 0.5) is 11.4 Å². The maximum absolute atomic E-state index is 11.1. The molecule has 5 rings (SSSR count). The number of fused-ring (bicyclic) bond motifs is 4. The number of aryl methyl sites for hydroxylation is 1. The van der Waals surface area contributed by atoms with Crippen molar-refractivity contribution in [2.24, 2.45) is 10.9 Å². The number of benzene rings is 3. The van der Waals surface area contributed by atoms with Crippen LogP contribution >= 0.6 is 11.8 Å². The monoisotopic (exact) mass is 386 g/mol. The quantitative estimate of drug-likeness (QED) is 0.393. The zero-order valence-electron chi connectivity index (χ0n) is 15.1. The first-order valence-corrected chi connectivity index (χ1v) is 10.3. The summed E-state index contributed by atoms with van der Waals surface area (Å²) >= 11 is 1.82. The summed E-state index contributed by atoms with van der Waals surface area (Å²) in [5, 5.41) is 11.2. The maximum atomic E-state index is 11.1. The number of rotatable bonds is 2. The molecule has 1 aliphatic heterocycles. The van der Waals surface area contributed by atoms with Crippen molar-refractivity contribution in [2.45, 2.75) is 23.0 Å². The third kappa shape index (κ3) is 2.92. The fraction of sp³-hybridized carbons (Fsp3) is 0.174. The van der Waals surface area contributed by atoms with Gasteiger partial charge in [0.2, 0.25) is 0 Å². The summed E-state index contributed by atoms with van der Waals surface area (Å²) < 4.78 is 0. The Labute approximate surface area is 167 Å². The second kappa shape index (κ2) is 6.91. The van der Waals surface area contributed by atoms with Crippen LogP contribution in [0.1, 0.15) is 28.4 Å². The van der Waals surface area contributed by atoms with Crippen molar-refractivity contribution >= 4 is 28.8 Å². The third-order valence-electron chi connectivity index (χ3n) is 5.53. The van der Waals surface area contributed by atoms with Gasteiger partial charge in [-0.15, -0.1) is 11.8 Å². The number of nitrogens with zero attached hydrogens (tertiary/aromatic N) is 2. The molecule has 0 spiro atoms. The van der Waals surface area contributed by atoms with Crippen molar-refractivity contribution in [1.29, 1.82) is 0 Å². The molecular formula is C23H18N2O2S. The van der Waals surface area contributed by atoms with Gasteiger partial charge in [-0.1, -0.05) is 48.5 Å². The van der Waals surface area contributed by atoms with E-state index < -0.39 is 0 Å². The molecule has 0 bridgehead atoms. The first kappa shape index (κ1) is 17.2. The number of thioether (sulfide) groups is 1. The fourth-order valence-corrected chi connectivity index (χ4v) is 5.55. The van der Waals surface area contributed by atoms with Gasteiger partial charge in [0.05, 0.1) is 16.3 Å². The Bertz CT molecular complexity index is 1090. The van der Waals surface area contributed by atoms with E-state index in [9.17, 15) is 10.1 Å². The SMILES string of the molecule is O=[N+]([O-])c1ccc([C@H]2Sc3ccccc3N=C3c4ccccc4CC[C@@H]32)cc1. The van der Waals surface area contributed by atoms with Crippen LogP contribution < -0.4 is 0 Å². The van der Waals surface area contributed by atoms with Gasteiger partial charge >= 0.3 is 0 Å². The maximum Gasteiger partial charge on any atom is 0.269 e. The van der Waals surface area contributed by atoms with E-state index in [4.69, 9.17) is 4.99 Å². The number of nitro benzene ring substituents is 1. The molecule has 0 N–H and O–H groups in total. The number of hydrogen-bond donors (Lipinski definition) is 0. The van der Waals surface area contributed by atoms with Gasteiger partial charge in [-0.2, -0.15) is 0 Å². The Balaban J connectivity index is 1.65. The minimum Gasteiger partial charge on any atom is -0.258 e. The molecule has 0 fully saturated rings. The zero-order valence-corrected chi connectivity index (χ0v) is 15.9. The molecule has 0 saturated heterocycles. The normalized spacial score (nSPS) is 20.2. The van der Waals surface area contributed by atoms with E-state index in [1.165, 1.54) is 11.1 Å². The lowest BCUT2D eigenvalue weighted by Crippen LogP contribution is -2.27. The third-order valence-corrected chi connectivity index (χ3v) is 6.98. The highest BCUT2D eigenvalue weighted by atomic mass is 32.2. The standard InChI is InChI=1S/C23H18N2O2S/c26-25(27)17-12-9-16(10-13-17)23-19-14-11-15-5-1-2-6-18(15)22(19)24-20-7-3-4-8-21(20)28-23/h1-10,12-13,19,23H,11,14H2/t19-,23+/m0/s1. The Morgan fingerprint density at radius 2 is 1.71 bits per heavy atom. The molecule has 1 aliphatic carbocycles. The van der Waals surface area contributed by atoms with Gasteiger partial charge in [-0.25, -0.2) is 0 Å². The number of non-ortho nitro benzene ring substituents is 1. The average Bonchev–Trinajstić information content (AvgIpc) is 2.91. The van der Waals surface area contributed by atoms with Gasteiger partial charge in [0.25, 0.3) is 5.69 Å². The number of para-hydroxylation sites is 1. The minimum atomic E-state index is -0.344. The number of nitro groups is 1. The van der Waals surface area contributed by atoms with Gasteiger partial charge in [0, 0.05) is 28.2 Å². The summed E-state index contributed by atoms with van der Waals surface area (Å²) in [5.74, 6) is 0.272. The van der Waals surface area contributed by atoms with Crippen LogP contribution in [-0.2, 0) is 6.42 Å². The topological polar surface area (TPSA) is 55.5 Å². The van der Waals surface area contributed by atoms with E-state index >= 15 is 0 Å². The molecule has 4 nitrogen and oxygen atoms in total. The highest BCUT2D eigenvalue weighted by molar-refractivity contribution is 7.99. The number of hydrogen-bond acceptors (Lipinski definition) is 4. The molecule has 138 valence electrons. The van der Waals surface area contributed by atoms with Crippen LogP contribution in [0.5, 0.6) is 0 Å². The molecule has 3 aromatic carbocycles. The Morgan fingerprint density at radius 1 is 0.964 bits per heavy atom. The Hall–Kier alpha value is -2.92. The van der Waals surface area contributed by atoms with E-state index in [2.05, 4.69) is 36.4 Å². The molecule has 0 unspecified atom stereocenters. The largest absolute Gasteiger partial charge is 0.269 e. The van der Waals surface area contributed by atoms with E-state index in [1.54, 1.807) is 12.1 Å². The predicted molar refractivity (Wildman–Crippen MR) is 113 cm³/mol. The van der Waals surface area contributed by atoms with Gasteiger partial charge in [0.15, 0.2) is 0 Å². The fourth-order valence-electron chi connectivity index (χ4n) is 4.16. The van der Waals surface area contributed by atoms with E-state index in [0.717, 1.165) is 34.7 Å². The zero-order chi connectivity index (χ0) is 19.1. The summed E-state index contributed by atoms with van der Waals surface area (Å²) in [6.07, 6.45) is 2.05. The number of aliphatic imine (C=N–C) groups is 1. The summed E-state index contributed by atoms with van der Waals surface area (Å²) in [6.45, 7) is 0. The van der Waals surface area contributed by atoms with Crippen molar-refractivity contribution in [1.82, 2.24) is 0 Å². The van der Waals surface area contributed by atoms with Crippen LogP contribution in [0.15, 0.2) is 82.7 Å². The molecule has 0 saturated carbocycles. The van der Waals surface area contributed by atoms with Crippen LogP contribution in [0.3, 0.4) is 0 Å². The van der Waals surface area contributed by atoms with Gasteiger partial charge in [-0.05, 0) is 41.7 Å². The van der Waals surface area contributed by atoms with E-state index in [0.29, 0.717) is 0 Å². The minimum absolute atomic E-state index is 0.130. The summed E-state index contributed by atoms with van der Waals surface area (Å²) in [5.41, 5.74) is 5.98. The highest BCUT2D eigenvalue weighted by Crippen LogP contribution is 2.51. The van der Waals surface area contributed by atoms with Crippen LogP contribution in [0.2, 0.25) is 0 Å². The lowest BCUT2D eigenvalue weighted by molar-refractivity contribution is -0.384. The van der Waals surface area contributed by atoms with Crippen molar-refractivity contribution < 1.29 is 4.92 Å². The van der Waals surface area contributed by atoms with Gasteiger partial charge in [-0.3, -0.25) is 15.1 Å². The second-order valence-corrected chi connectivity index (χ2v) is 8.34. The lowest BCUT2D eigenvalue weighted by atomic mass is 9.78. The van der Waals surface area contributed by atoms with Gasteiger partial charge in [0.1, 0.15) is 0 Å². The Kier molecular flexibility index (Phi) is 4.24. The molecule has 0 radical (unpaired) electrons. The van der Waals surface area contributed by atoms with E-state index in [1.807, 2.05) is 36.0 Å². The van der Waals surface area contributed by atoms with Crippen molar-refractivity contribution in [3.05, 3.63) is 99.6 Å². The van der Waals surface area contributed by atoms with Crippen LogP contribution in [0.25, 0.3) is 0 Å². The summed E-state index contributed by atoms with van der Waals surface area (Å²) in [6, 6.07) is 23.8. The first-order chi connectivity index (χ1) is 13.7. The molecule has 28 heavy (non-hydrogen) atoms. The lowest BCUT2D eigenvalue weighted by Gasteiger charge is -2.31.